The normalized spacial score (nSPS) is 17.8. The number of H-pyrrole nitrogens is 1. The molecule has 1 amide bonds. The summed E-state index contributed by atoms with van der Waals surface area (Å²) in [5, 5.41) is 9.16. The Morgan fingerprint density at radius 1 is 1.30 bits per heavy atom. The van der Waals surface area contributed by atoms with Gasteiger partial charge in [0, 0.05) is 24.8 Å². The maximum Gasteiger partial charge on any atom is 0.309 e. The summed E-state index contributed by atoms with van der Waals surface area (Å²) < 4.78 is 0. The summed E-state index contributed by atoms with van der Waals surface area (Å²) in [5.41, 5.74) is 0.0895. The highest BCUT2D eigenvalue weighted by Crippen LogP contribution is 2.31. The van der Waals surface area contributed by atoms with Gasteiger partial charge in [0.25, 0.3) is 5.91 Å². The molecule has 0 aliphatic carbocycles. The number of hydrogen-bond acceptors (Lipinski definition) is 3. The lowest BCUT2D eigenvalue weighted by molar-refractivity contribution is -0.150. The number of carbonyl (C=O) groups is 3. The number of carboxylic acid groups (broad SMARTS) is 1. The Hall–Kier alpha value is -2.11. The highest BCUT2D eigenvalue weighted by molar-refractivity contribution is 5.99. The number of carbonyl (C=O) groups excluding carboxylic acids is 2. The number of Topliss-reactive ketones (excluding diaryl/α,β-unsaturated/α-hetero) is 1. The molecule has 0 unspecified atom stereocenters. The molecular formula is C14H18N2O4. The average molecular weight is 278 g/mol. The van der Waals surface area contributed by atoms with Crippen molar-refractivity contribution in [3.8, 4) is 0 Å². The fourth-order valence-corrected chi connectivity index (χ4v) is 2.31. The summed E-state index contributed by atoms with van der Waals surface area (Å²) in [6.45, 7) is 3.97. The van der Waals surface area contributed by atoms with Crippen molar-refractivity contribution in [2.24, 2.45) is 5.41 Å². The number of piperidine rings is 1. The fourth-order valence-electron chi connectivity index (χ4n) is 2.31. The first-order valence-corrected chi connectivity index (χ1v) is 6.55. The number of carboxylic acids is 1. The zero-order valence-corrected chi connectivity index (χ0v) is 11.6. The Morgan fingerprint density at radius 3 is 2.35 bits per heavy atom. The number of amides is 1. The molecule has 0 saturated carbocycles. The number of nitrogens with one attached hydrogen (secondary N) is 1. The monoisotopic (exact) mass is 278 g/mol. The maximum atomic E-state index is 12.3. The minimum atomic E-state index is -0.816. The second-order valence-electron chi connectivity index (χ2n) is 5.52. The molecule has 2 N–H and O–H groups in total. The first-order valence-electron chi connectivity index (χ1n) is 6.55. The third kappa shape index (κ3) is 2.59. The van der Waals surface area contributed by atoms with Crippen molar-refractivity contribution in [3.63, 3.8) is 0 Å². The molecule has 0 aromatic carbocycles. The van der Waals surface area contributed by atoms with Crippen molar-refractivity contribution in [1.29, 1.82) is 0 Å². The zero-order valence-electron chi connectivity index (χ0n) is 11.6. The first-order chi connectivity index (χ1) is 9.33. The van der Waals surface area contributed by atoms with Crippen LogP contribution in [0.15, 0.2) is 12.3 Å². The second-order valence-corrected chi connectivity index (χ2v) is 5.52. The van der Waals surface area contributed by atoms with Gasteiger partial charge < -0.3 is 15.0 Å². The topological polar surface area (TPSA) is 90.5 Å². The lowest BCUT2D eigenvalue weighted by Gasteiger charge is -2.36. The number of aromatic amines is 1. The van der Waals surface area contributed by atoms with Crippen LogP contribution in [0.5, 0.6) is 0 Å². The lowest BCUT2D eigenvalue weighted by atomic mass is 9.80. The number of rotatable bonds is 3. The molecule has 0 radical (unpaired) electrons. The van der Waals surface area contributed by atoms with E-state index in [9.17, 15) is 14.4 Å². The van der Waals surface area contributed by atoms with Gasteiger partial charge in [-0.2, -0.15) is 0 Å². The average Bonchev–Trinajstić information content (AvgIpc) is 2.88. The van der Waals surface area contributed by atoms with E-state index >= 15 is 0 Å². The highest BCUT2D eigenvalue weighted by Gasteiger charge is 2.38. The van der Waals surface area contributed by atoms with E-state index in [4.69, 9.17) is 5.11 Å². The van der Waals surface area contributed by atoms with Gasteiger partial charge in [0.1, 0.15) is 5.69 Å². The predicted octanol–water partition coefficient (Wildman–Crippen LogP) is 1.54. The number of hydrogen-bond donors (Lipinski definition) is 2. The van der Waals surface area contributed by atoms with E-state index in [-0.39, 0.29) is 11.7 Å². The van der Waals surface area contributed by atoms with Crippen molar-refractivity contribution in [2.45, 2.75) is 26.7 Å². The largest absolute Gasteiger partial charge is 0.481 e. The lowest BCUT2D eigenvalue weighted by Crippen LogP contribution is -2.45. The van der Waals surface area contributed by atoms with E-state index in [1.54, 1.807) is 11.8 Å². The smallest absolute Gasteiger partial charge is 0.309 e. The quantitative estimate of drug-likeness (QED) is 0.821. The first kappa shape index (κ1) is 14.3. The van der Waals surface area contributed by atoms with E-state index in [0.29, 0.717) is 37.2 Å². The number of aromatic nitrogens is 1. The molecular weight excluding hydrogens is 260 g/mol. The van der Waals surface area contributed by atoms with E-state index in [0.717, 1.165) is 0 Å². The van der Waals surface area contributed by atoms with Gasteiger partial charge >= 0.3 is 5.97 Å². The summed E-state index contributed by atoms with van der Waals surface area (Å²) >= 11 is 0. The van der Waals surface area contributed by atoms with Gasteiger partial charge in [-0.05, 0) is 32.8 Å². The maximum absolute atomic E-state index is 12.3. The van der Waals surface area contributed by atoms with Crippen molar-refractivity contribution >= 4 is 17.7 Å². The summed E-state index contributed by atoms with van der Waals surface area (Å²) in [7, 11) is 0. The number of ketones is 1. The number of nitrogens with zero attached hydrogens (tertiary/aromatic N) is 1. The van der Waals surface area contributed by atoms with Gasteiger partial charge in [0.2, 0.25) is 0 Å². The van der Waals surface area contributed by atoms with Crippen LogP contribution in [-0.2, 0) is 4.79 Å². The third-order valence-electron chi connectivity index (χ3n) is 3.99. The fraction of sp³-hybridized carbons (Fsp3) is 0.500. The van der Waals surface area contributed by atoms with Crippen LogP contribution in [0.2, 0.25) is 0 Å². The van der Waals surface area contributed by atoms with Crippen LogP contribution < -0.4 is 0 Å². The van der Waals surface area contributed by atoms with Crippen molar-refractivity contribution < 1.29 is 19.5 Å². The van der Waals surface area contributed by atoms with E-state index < -0.39 is 11.4 Å². The molecule has 1 fully saturated rings. The number of likely N-dealkylation sites (tertiary alicyclic amines) is 1. The highest BCUT2D eigenvalue weighted by atomic mass is 16.4. The summed E-state index contributed by atoms with van der Waals surface area (Å²) in [6, 6.07) is 1.54. The standard InChI is InChI=1S/C14H18N2O4/c1-9(17)10-7-11(15-8-10)12(18)16-5-3-14(2,4-6-16)13(19)20/h7-8,15H,3-6H2,1-2H3,(H,19,20). The minimum absolute atomic E-state index is 0.0996. The van der Waals surface area contributed by atoms with Gasteiger partial charge in [0.15, 0.2) is 5.78 Å². The number of aliphatic carboxylic acids is 1. The molecule has 2 rings (SSSR count). The Labute approximate surface area is 116 Å². The molecule has 6 heteroatoms. The Kier molecular flexibility index (Phi) is 3.65. The Balaban J connectivity index is 2.04. The molecule has 108 valence electrons. The van der Waals surface area contributed by atoms with Gasteiger partial charge in [0.05, 0.1) is 5.41 Å². The summed E-state index contributed by atoms with van der Waals surface area (Å²) in [5.74, 6) is -1.11. The summed E-state index contributed by atoms with van der Waals surface area (Å²) in [6.07, 6.45) is 2.39. The van der Waals surface area contributed by atoms with Gasteiger partial charge in [-0.15, -0.1) is 0 Å². The molecule has 2 heterocycles. The molecule has 1 aliphatic heterocycles. The SMILES string of the molecule is CC(=O)c1c[nH]c(C(=O)N2CCC(C)(C(=O)O)CC2)c1. The van der Waals surface area contributed by atoms with Gasteiger partial charge in [-0.3, -0.25) is 14.4 Å². The van der Waals surface area contributed by atoms with Crippen molar-refractivity contribution in [3.05, 3.63) is 23.5 Å². The van der Waals surface area contributed by atoms with Gasteiger partial charge in [-0.1, -0.05) is 0 Å². The summed E-state index contributed by atoms with van der Waals surface area (Å²) in [4.78, 5) is 39.0. The van der Waals surface area contributed by atoms with Crippen LogP contribution in [0, 0.1) is 5.41 Å². The third-order valence-corrected chi connectivity index (χ3v) is 3.99. The molecule has 6 nitrogen and oxygen atoms in total. The Bertz CT molecular complexity index is 553. The molecule has 1 aromatic rings. The van der Waals surface area contributed by atoms with E-state index in [1.165, 1.54) is 19.2 Å². The van der Waals surface area contributed by atoms with Crippen molar-refractivity contribution in [2.75, 3.05) is 13.1 Å². The van der Waals surface area contributed by atoms with Crippen LogP contribution in [0.1, 0.15) is 47.5 Å². The van der Waals surface area contributed by atoms with Gasteiger partial charge in [-0.25, -0.2) is 0 Å². The van der Waals surface area contributed by atoms with Crippen LogP contribution in [0.25, 0.3) is 0 Å². The van der Waals surface area contributed by atoms with Crippen LogP contribution in [0.3, 0.4) is 0 Å². The van der Waals surface area contributed by atoms with E-state index in [2.05, 4.69) is 4.98 Å². The second kappa shape index (κ2) is 5.11. The molecule has 20 heavy (non-hydrogen) atoms. The Morgan fingerprint density at radius 2 is 1.90 bits per heavy atom. The molecule has 1 aromatic heterocycles. The molecule has 1 aliphatic rings. The molecule has 0 atom stereocenters. The molecule has 1 saturated heterocycles. The van der Waals surface area contributed by atoms with Crippen molar-refractivity contribution in [1.82, 2.24) is 9.88 Å². The van der Waals surface area contributed by atoms with Crippen LogP contribution in [0.4, 0.5) is 0 Å². The predicted molar refractivity (Wildman–Crippen MR) is 71.7 cm³/mol. The van der Waals surface area contributed by atoms with E-state index in [1.807, 2.05) is 0 Å². The molecule has 0 bridgehead atoms. The zero-order chi connectivity index (χ0) is 14.9. The van der Waals surface area contributed by atoms with Crippen LogP contribution in [-0.4, -0.2) is 45.7 Å². The molecule has 0 spiro atoms. The minimum Gasteiger partial charge on any atom is -0.481 e. The van der Waals surface area contributed by atoms with Crippen LogP contribution >= 0.6 is 0 Å².